The van der Waals surface area contributed by atoms with Crippen LogP contribution in [0.2, 0.25) is 0 Å². The van der Waals surface area contributed by atoms with Crippen LogP contribution in [-0.4, -0.2) is 36.4 Å². The Labute approximate surface area is 189 Å². The number of methoxy groups -OCH3 is 1. The van der Waals surface area contributed by atoms with Crippen LogP contribution in [-0.2, 0) is 9.53 Å². The van der Waals surface area contributed by atoms with Gasteiger partial charge in [-0.25, -0.2) is 4.79 Å². The molecule has 2 aromatic carbocycles. The number of phenolic OH excluding ortho intramolecular Hbond substituents is 1. The van der Waals surface area contributed by atoms with Crippen LogP contribution in [0.3, 0.4) is 0 Å². The van der Waals surface area contributed by atoms with Crippen LogP contribution in [0.4, 0.5) is 5.69 Å². The van der Waals surface area contributed by atoms with Crippen LogP contribution < -0.4 is 9.75 Å². The highest BCUT2D eigenvalue weighted by Gasteiger charge is 2.31. The van der Waals surface area contributed by atoms with Crippen molar-refractivity contribution in [2.24, 2.45) is 5.10 Å². The fourth-order valence-electron chi connectivity index (χ4n) is 3.17. The van der Waals surface area contributed by atoms with Crippen LogP contribution in [0, 0.1) is 0 Å². The second kappa shape index (κ2) is 9.78. The second-order valence-electron chi connectivity index (χ2n) is 6.78. The Kier molecular flexibility index (Phi) is 7.12. The third kappa shape index (κ3) is 4.80. The van der Waals surface area contributed by atoms with Crippen LogP contribution >= 0.6 is 15.9 Å². The Hall–Kier alpha value is -3.13. The van der Waals surface area contributed by atoms with Crippen molar-refractivity contribution in [2.75, 3.05) is 18.7 Å². The summed E-state index contributed by atoms with van der Waals surface area (Å²) in [5, 5.41) is 16.3. The van der Waals surface area contributed by atoms with E-state index in [9.17, 15) is 14.7 Å². The molecule has 0 bridgehead atoms. The molecular formula is C23H23BrN2O5. The number of aromatic hydroxyl groups is 1. The molecule has 0 saturated heterocycles. The predicted molar refractivity (Wildman–Crippen MR) is 123 cm³/mol. The van der Waals surface area contributed by atoms with E-state index in [1.54, 1.807) is 49.4 Å². The number of carbonyl (C=O) groups is 2. The van der Waals surface area contributed by atoms with Gasteiger partial charge < -0.3 is 14.6 Å². The fourth-order valence-corrected chi connectivity index (χ4v) is 3.62. The van der Waals surface area contributed by atoms with E-state index in [1.165, 1.54) is 12.1 Å². The van der Waals surface area contributed by atoms with Gasteiger partial charge in [0.2, 0.25) is 0 Å². The van der Waals surface area contributed by atoms with Gasteiger partial charge in [-0.3, -0.25) is 4.79 Å². The summed E-state index contributed by atoms with van der Waals surface area (Å²) in [5.41, 5.74) is 2.40. The van der Waals surface area contributed by atoms with Gasteiger partial charge in [0.25, 0.3) is 5.91 Å². The molecule has 7 nitrogen and oxygen atoms in total. The number of hydrazone groups is 1. The summed E-state index contributed by atoms with van der Waals surface area (Å²) in [6, 6.07) is 9.86. The van der Waals surface area contributed by atoms with Crippen molar-refractivity contribution in [1.29, 1.82) is 0 Å². The number of hydrogen-bond donors (Lipinski definition) is 1. The van der Waals surface area contributed by atoms with Crippen LogP contribution in [0.25, 0.3) is 6.08 Å². The van der Waals surface area contributed by atoms with Crippen LogP contribution in [0.15, 0.2) is 51.5 Å². The van der Waals surface area contributed by atoms with E-state index in [0.717, 1.165) is 6.42 Å². The van der Waals surface area contributed by atoms with Crippen LogP contribution in [0.1, 0.15) is 42.6 Å². The van der Waals surface area contributed by atoms with Gasteiger partial charge in [-0.15, -0.1) is 0 Å². The Bertz CT molecular complexity index is 1060. The highest BCUT2D eigenvalue weighted by atomic mass is 79.9. The maximum Gasteiger partial charge on any atom is 0.338 e. The molecule has 0 radical (unpaired) electrons. The SMILES string of the molecule is CCCC1=NN(c2ccc(C(=O)OCC)cc2)C(=O)C1=Cc1cc(Br)cc(OC)c1O. The van der Waals surface area contributed by atoms with E-state index in [1.807, 2.05) is 6.92 Å². The molecule has 2 aromatic rings. The zero-order valence-corrected chi connectivity index (χ0v) is 19.1. The van der Waals surface area contributed by atoms with Gasteiger partial charge in [0, 0.05) is 10.0 Å². The Morgan fingerprint density at radius 2 is 1.94 bits per heavy atom. The molecule has 162 valence electrons. The number of anilines is 1. The van der Waals surface area contributed by atoms with Crippen LogP contribution in [0.5, 0.6) is 11.5 Å². The van der Waals surface area contributed by atoms with Crippen molar-refractivity contribution in [2.45, 2.75) is 26.7 Å². The molecule has 1 aliphatic heterocycles. The number of amides is 1. The first-order chi connectivity index (χ1) is 14.9. The van der Waals surface area contributed by atoms with Gasteiger partial charge in [-0.1, -0.05) is 29.3 Å². The lowest BCUT2D eigenvalue weighted by molar-refractivity contribution is -0.114. The van der Waals surface area contributed by atoms with E-state index in [0.29, 0.717) is 44.7 Å². The Balaban J connectivity index is 1.97. The first-order valence-corrected chi connectivity index (χ1v) is 10.7. The predicted octanol–water partition coefficient (Wildman–Crippen LogP) is 4.93. The van der Waals surface area contributed by atoms with Gasteiger partial charge in [0.15, 0.2) is 11.5 Å². The van der Waals surface area contributed by atoms with Crippen molar-refractivity contribution < 1.29 is 24.2 Å². The molecule has 1 aliphatic rings. The van der Waals surface area contributed by atoms with Crippen molar-refractivity contribution >= 4 is 45.3 Å². The molecule has 0 saturated carbocycles. The zero-order valence-electron chi connectivity index (χ0n) is 17.5. The highest BCUT2D eigenvalue weighted by molar-refractivity contribution is 9.10. The van der Waals surface area contributed by atoms with Crippen molar-refractivity contribution in [1.82, 2.24) is 0 Å². The number of hydrogen-bond acceptors (Lipinski definition) is 6. The minimum Gasteiger partial charge on any atom is -0.504 e. The quantitative estimate of drug-likeness (QED) is 0.442. The van der Waals surface area contributed by atoms with Gasteiger partial charge in [-0.2, -0.15) is 10.1 Å². The summed E-state index contributed by atoms with van der Waals surface area (Å²) in [4.78, 5) is 25.1. The topological polar surface area (TPSA) is 88.4 Å². The summed E-state index contributed by atoms with van der Waals surface area (Å²) in [5.74, 6) is -0.492. The number of carbonyl (C=O) groups excluding carboxylic acids is 2. The van der Waals surface area contributed by atoms with E-state index in [2.05, 4.69) is 21.0 Å². The zero-order chi connectivity index (χ0) is 22.5. The number of ether oxygens (including phenoxy) is 2. The van der Waals surface area contributed by atoms with E-state index in [4.69, 9.17) is 9.47 Å². The number of phenols is 1. The number of halogens is 1. The van der Waals surface area contributed by atoms with Gasteiger partial charge in [0.05, 0.1) is 36.3 Å². The maximum atomic E-state index is 13.2. The smallest absolute Gasteiger partial charge is 0.338 e. The molecule has 1 amide bonds. The van der Waals surface area contributed by atoms with Gasteiger partial charge in [-0.05, 0) is 55.8 Å². The molecule has 8 heteroatoms. The number of rotatable bonds is 7. The normalized spacial score (nSPS) is 14.7. The van der Waals surface area contributed by atoms with E-state index < -0.39 is 5.97 Å². The lowest BCUT2D eigenvalue weighted by Crippen LogP contribution is -2.21. The Morgan fingerprint density at radius 3 is 2.55 bits per heavy atom. The molecule has 0 fully saturated rings. The van der Waals surface area contributed by atoms with Crippen molar-refractivity contribution in [3.05, 3.63) is 57.6 Å². The second-order valence-corrected chi connectivity index (χ2v) is 7.70. The summed E-state index contributed by atoms with van der Waals surface area (Å²) in [6.07, 6.45) is 3.01. The number of esters is 1. The maximum absolute atomic E-state index is 13.2. The number of benzene rings is 2. The van der Waals surface area contributed by atoms with Gasteiger partial charge >= 0.3 is 5.97 Å². The largest absolute Gasteiger partial charge is 0.504 e. The van der Waals surface area contributed by atoms with Gasteiger partial charge in [0.1, 0.15) is 0 Å². The molecule has 1 heterocycles. The lowest BCUT2D eigenvalue weighted by atomic mass is 10.0. The molecule has 31 heavy (non-hydrogen) atoms. The molecular weight excluding hydrogens is 464 g/mol. The summed E-state index contributed by atoms with van der Waals surface area (Å²) in [7, 11) is 1.46. The summed E-state index contributed by atoms with van der Waals surface area (Å²) < 4.78 is 10.9. The fraction of sp³-hybridized carbons (Fsp3) is 0.261. The summed E-state index contributed by atoms with van der Waals surface area (Å²) in [6.45, 7) is 4.03. The minimum atomic E-state index is -0.420. The number of nitrogens with zero attached hydrogens (tertiary/aromatic N) is 2. The van der Waals surface area contributed by atoms with E-state index in [-0.39, 0.29) is 18.3 Å². The third-order valence-electron chi connectivity index (χ3n) is 4.65. The molecule has 3 rings (SSSR count). The average Bonchev–Trinajstić information content (AvgIpc) is 3.06. The molecule has 0 unspecified atom stereocenters. The molecule has 0 aromatic heterocycles. The standard InChI is InChI=1S/C23H23BrN2O5/c1-4-6-19-18(12-15-11-16(24)13-20(30-3)21(15)27)22(28)26(25-19)17-9-7-14(8-10-17)23(29)31-5-2/h7-13,27H,4-6H2,1-3H3. The van der Waals surface area contributed by atoms with E-state index >= 15 is 0 Å². The van der Waals surface area contributed by atoms with Crippen molar-refractivity contribution in [3.8, 4) is 11.5 Å². The first-order valence-electron chi connectivity index (χ1n) is 9.87. The molecule has 1 N–H and O–H groups in total. The first kappa shape index (κ1) is 22.6. The average molecular weight is 487 g/mol. The molecule has 0 spiro atoms. The monoisotopic (exact) mass is 486 g/mol. The minimum absolute atomic E-state index is 0.0564. The highest BCUT2D eigenvalue weighted by Crippen LogP contribution is 2.36. The van der Waals surface area contributed by atoms with Crippen molar-refractivity contribution in [3.63, 3.8) is 0 Å². The lowest BCUT2D eigenvalue weighted by Gasteiger charge is -2.12. The molecule has 0 atom stereocenters. The third-order valence-corrected chi connectivity index (χ3v) is 5.11. The Morgan fingerprint density at radius 1 is 1.23 bits per heavy atom. The molecule has 0 aliphatic carbocycles. The summed E-state index contributed by atoms with van der Waals surface area (Å²) >= 11 is 3.39.